The molecule has 4 rings (SSSR count). The lowest BCUT2D eigenvalue weighted by Crippen LogP contribution is -2.33. The van der Waals surface area contributed by atoms with E-state index in [0.717, 1.165) is 50.8 Å². The number of aromatic hydroxyl groups is 2. The monoisotopic (exact) mass is 527 g/mol. The van der Waals surface area contributed by atoms with Crippen molar-refractivity contribution in [2.45, 2.75) is 38.5 Å². The van der Waals surface area contributed by atoms with Gasteiger partial charge in [-0.3, -0.25) is 0 Å². The average molecular weight is 528 g/mol. The number of phenols is 2. The van der Waals surface area contributed by atoms with Gasteiger partial charge < -0.3 is 14.9 Å². The molecule has 0 fully saturated rings. The molecule has 0 spiro atoms. The summed E-state index contributed by atoms with van der Waals surface area (Å²) in [7, 11) is -1.76. The maximum atomic E-state index is 12.1. The fraction of sp³-hybridized carbons (Fsp3) is 0.242. The molecule has 4 aromatic rings. The highest BCUT2D eigenvalue weighted by atomic mass is 31.2. The Hall–Kier alpha value is -3.62. The maximum absolute atomic E-state index is 12.1. The zero-order chi connectivity index (χ0) is 26.6. The van der Waals surface area contributed by atoms with E-state index < -0.39 is 13.2 Å². The Morgan fingerprint density at radius 3 is 1.58 bits per heavy atom. The molecule has 0 heterocycles. The second-order valence-electron chi connectivity index (χ2n) is 9.50. The van der Waals surface area contributed by atoms with Crippen LogP contribution in [0.15, 0.2) is 109 Å². The minimum atomic E-state index is -1.76. The third kappa shape index (κ3) is 6.82. The van der Waals surface area contributed by atoms with Crippen molar-refractivity contribution in [1.82, 2.24) is 0 Å². The molecular weight excluding hydrogens is 491 g/mol. The first kappa shape index (κ1) is 27.4. The molecule has 0 radical (unpaired) electrons. The van der Waals surface area contributed by atoms with Gasteiger partial charge in [-0.2, -0.15) is 0 Å². The molecule has 0 saturated carbocycles. The summed E-state index contributed by atoms with van der Waals surface area (Å²) < 4.78 is 5.29. The van der Waals surface area contributed by atoms with E-state index >= 15 is 0 Å². The fourth-order valence-corrected chi connectivity index (χ4v) is 9.39. The van der Waals surface area contributed by atoms with Gasteiger partial charge in [0.05, 0.1) is 12.8 Å². The first-order valence-corrected chi connectivity index (χ1v) is 15.3. The van der Waals surface area contributed by atoms with Crippen LogP contribution >= 0.6 is 7.26 Å². The second kappa shape index (κ2) is 13.8. The lowest BCUT2D eigenvalue weighted by Gasteiger charge is -2.27. The summed E-state index contributed by atoms with van der Waals surface area (Å²) in [6, 6.07) is 36.9. The largest absolute Gasteiger partial charge is 0.508 e. The van der Waals surface area contributed by atoms with Crippen LogP contribution in [-0.2, 0) is 4.74 Å². The summed E-state index contributed by atoms with van der Waals surface area (Å²) in [6.45, 7) is 0.323. The molecule has 0 atom stereocenters. The maximum Gasteiger partial charge on any atom is 0.341 e. The van der Waals surface area contributed by atoms with Crippen LogP contribution in [0.25, 0.3) is 0 Å². The molecule has 4 nitrogen and oxygen atoms in total. The molecule has 0 saturated heterocycles. The Kier molecular flexibility index (Phi) is 9.95. The zero-order valence-electron chi connectivity index (χ0n) is 21.7. The van der Waals surface area contributed by atoms with Crippen molar-refractivity contribution in [1.29, 1.82) is 0 Å². The molecule has 5 heteroatoms. The number of phenolic OH excluding ortho intramolecular Hbond substituents is 2. The van der Waals surface area contributed by atoms with Gasteiger partial charge in [0, 0.05) is 6.07 Å². The highest BCUT2D eigenvalue weighted by Gasteiger charge is 2.44. The van der Waals surface area contributed by atoms with Crippen LogP contribution in [0.3, 0.4) is 0 Å². The highest BCUT2D eigenvalue weighted by molar-refractivity contribution is 7.95. The standard InChI is InChI=1S/C33H35O4P/c34-27-22-23-31(32(35)26-27)33(36)37-24-14-3-1-2-4-15-25-38(28-16-8-5-9-17-28,29-18-10-6-11-19-29)30-20-12-7-13-21-30/h5-13,16-23,26H,1-4,14-15,24-25H2,(H-,34,35,36)/p+1. The minimum absolute atomic E-state index is 0.0739. The molecule has 0 aromatic heterocycles. The van der Waals surface area contributed by atoms with E-state index in [2.05, 4.69) is 91.0 Å². The molecule has 196 valence electrons. The quantitative estimate of drug-likeness (QED) is 0.117. The third-order valence-electron chi connectivity index (χ3n) is 6.91. The summed E-state index contributed by atoms with van der Waals surface area (Å²) in [6.07, 6.45) is 7.47. The lowest BCUT2D eigenvalue weighted by molar-refractivity contribution is 0.0494. The van der Waals surface area contributed by atoms with E-state index in [1.165, 1.54) is 28.0 Å². The van der Waals surface area contributed by atoms with E-state index in [1.807, 2.05) is 0 Å². The Bertz CT molecular complexity index is 1180. The van der Waals surface area contributed by atoms with Crippen LogP contribution in [0.2, 0.25) is 0 Å². The van der Waals surface area contributed by atoms with Gasteiger partial charge in [0.25, 0.3) is 0 Å². The van der Waals surface area contributed by atoms with Crippen molar-refractivity contribution >= 4 is 29.1 Å². The highest BCUT2D eigenvalue weighted by Crippen LogP contribution is 2.56. The Balaban J connectivity index is 1.30. The number of benzene rings is 4. The minimum Gasteiger partial charge on any atom is -0.508 e. The molecule has 0 bridgehead atoms. The molecule has 0 amide bonds. The number of esters is 1. The van der Waals surface area contributed by atoms with Gasteiger partial charge in [-0.05, 0) is 67.8 Å². The summed E-state index contributed by atoms with van der Waals surface area (Å²) >= 11 is 0. The number of ether oxygens (including phenoxy) is 1. The number of hydrogen-bond acceptors (Lipinski definition) is 4. The van der Waals surface area contributed by atoms with Gasteiger partial charge in [0.15, 0.2) is 0 Å². The zero-order valence-corrected chi connectivity index (χ0v) is 22.6. The van der Waals surface area contributed by atoms with Gasteiger partial charge in [-0.25, -0.2) is 4.79 Å². The summed E-state index contributed by atoms with van der Waals surface area (Å²) in [5, 5.41) is 23.5. The Labute approximate surface area is 226 Å². The van der Waals surface area contributed by atoms with E-state index in [4.69, 9.17) is 4.74 Å². The number of hydrogen-bond donors (Lipinski definition) is 2. The molecule has 2 N–H and O–H groups in total. The van der Waals surface area contributed by atoms with Crippen LogP contribution in [0, 0.1) is 0 Å². The number of unbranched alkanes of at least 4 members (excludes halogenated alkanes) is 5. The molecule has 0 aliphatic heterocycles. The molecule has 0 aliphatic carbocycles. The molecule has 0 aliphatic rings. The van der Waals surface area contributed by atoms with Crippen molar-refractivity contribution in [2.75, 3.05) is 12.8 Å². The predicted molar refractivity (Wildman–Crippen MR) is 158 cm³/mol. The van der Waals surface area contributed by atoms with E-state index in [9.17, 15) is 15.0 Å². The van der Waals surface area contributed by atoms with Crippen LogP contribution in [0.1, 0.15) is 48.9 Å². The molecule has 38 heavy (non-hydrogen) atoms. The summed E-state index contributed by atoms with van der Waals surface area (Å²) in [4.78, 5) is 12.1. The summed E-state index contributed by atoms with van der Waals surface area (Å²) in [5.74, 6) is -0.921. The first-order valence-electron chi connectivity index (χ1n) is 13.4. The number of carbonyl (C=O) groups is 1. The van der Waals surface area contributed by atoms with Crippen molar-refractivity contribution in [2.24, 2.45) is 0 Å². The lowest BCUT2D eigenvalue weighted by atomic mass is 10.1. The fourth-order valence-electron chi connectivity index (χ4n) is 4.98. The normalized spacial score (nSPS) is 11.3. The van der Waals surface area contributed by atoms with Gasteiger partial charge in [-0.1, -0.05) is 73.9 Å². The topological polar surface area (TPSA) is 66.8 Å². The van der Waals surface area contributed by atoms with E-state index in [-0.39, 0.29) is 17.1 Å². The van der Waals surface area contributed by atoms with Crippen LogP contribution < -0.4 is 15.9 Å². The van der Waals surface area contributed by atoms with Gasteiger partial charge in [0.1, 0.15) is 40.2 Å². The van der Waals surface area contributed by atoms with E-state index in [1.54, 1.807) is 0 Å². The average Bonchev–Trinajstić information content (AvgIpc) is 2.95. The Morgan fingerprint density at radius 2 is 1.08 bits per heavy atom. The van der Waals surface area contributed by atoms with Crippen molar-refractivity contribution in [3.8, 4) is 11.5 Å². The Morgan fingerprint density at radius 1 is 0.605 bits per heavy atom. The van der Waals surface area contributed by atoms with Crippen LogP contribution in [0.5, 0.6) is 11.5 Å². The van der Waals surface area contributed by atoms with Crippen molar-refractivity contribution < 1.29 is 19.7 Å². The molecule has 4 aromatic carbocycles. The molecular formula is C33H36O4P+. The molecule has 0 unspecified atom stereocenters. The summed E-state index contributed by atoms with van der Waals surface area (Å²) in [5.41, 5.74) is 0.0739. The van der Waals surface area contributed by atoms with Crippen LogP contribution in [-0.4, -0.2) is 29.0 Å². The first-order chi connectivity index (χ1) is 18.6. The number of carbonyl (C=O) groups excluding carboxylic acids is 1. The van der Waals surface area contributed by atoms with E-state index in [0.29, 0.717) is 6.61 Å². The van der Waals surface area contributed by atoms with Crippen LogP contribution in [0.4, 0.5) is 0 Å². The predicted octanol–water partition coefficient (Wildman–Crippen LogP) is 6.59. The second-order valence-corrected chi connectivity index (χ2v) is 13.1. The SMILES string of the molecule is O=C(OCCCCCCCC[P+](c1ccccc1)(c1ccccc1)c1ccccc1)c1ccc(O)cc1O. The smallest absolute Gasteiger partial charge is 0.341 e. The van der Waals surface area contributed by atoms with Gasteiger partial charge in [0.2, 0.25) is 0 Å². The van der Waals surface area contributed by atoms with Gasteiger partial charge >= 0.3 is 5.97 Å². The number of rotatable bonds is 13. The van der Waals surface area contributed by atoms with Crippen molar-refractivity contribution in [3.63, 3.8) is 0 Å². The van der Waals surface area contributed by atoms with Gasteiger partial charge in [-0.15, -0.1) is 0 Å². The third-order valence-corrected chi connectivity index (χ3v) is 11.4. The van der Waals surface area contributed by atoms with Crippen molar-refractivity contribution in [3.05, 3.63) is 115 Å².